The molecule has 0 aliphatic heterocycles. The Morgan fingerprint density at radius 3 is 2.41 bits per heavy atom. The van der Waals surface area contributed by atoms with E-state index in [9.17, 15) is 22.8 Å². The quantitative estimate of drug-likeness (QED) is 0.309. The first-order valence-electron chi connectivity index (χ1n) is 13.0. The predicted molar refractivity (Wildman–Crippen MR) is 156 cm³/mol. The second kappa shape index (κ2) is 10.6. The molecule has 4 aromatic rings. The molecular formula is C28H30FN5O6S. The van der Waals surface area contributed by atoms with Crippen molar-refractivity contribution in [3.05, 3.63) is 90.6 Å². The standard InChI is InChI=1S/C28H30FN5O6S/c1-16-8-11-22(21(29)14-16)30-25-23-24(17(2)26(35)32(25)12-13-40-3)33(28(37)34(27(23)36)19-9-10-19)20-7-5-6-18(15-20)31-41(4,38)39/h5-8,11,14-15,19,30-31H,9-10,12-13H2,1-4H3. The Morgan fingerprint density at radius 1 is 1.05 bits per heavy atom. The van der Waals surface area contributed by atoms with E-state index in [0.29, 0.717) is 18.4 Å². The SMILES string of the molecule is COCCn1c(Nc2ccc(C)cc2F)c2c(=O)n(C3CC3)c(=O)n(-c3cccc(NS(C)(=O)=O)c3)c2c(C)c1=O. The molecule has 0 atom stereocenters. The number of sulfonamides is 1. The number of hydrogen-bond donors (Lipinski definition) is 2. The summed E-state index contributed by atoms with van der Waals surface area (Å²) in [7, 11) is -2.16. The minimum absolute atomic E-state index is 0.0196. The number of aryl methyl sites for hydroxylation is 2. The molecule has 2 aromatic heterocycles. The number of nitrogens with zero attached hydrogens (tertiary/aromatic N) is 3. The lowest BCUT2D eigenvalue weighted by Crippen LogP contribution is -2.41. The summed E-state index contributed by atoms with van der Waals surface area (Å²) in [4.78, 5) is 41.8. The fourth-order valence-electron chi connectivity index (χ4n) is 4.92. The Bertz CT molecular complexity index is 1980. The van der Waals surface area contributed by atoms with Gasteiger partial charge in [0.1, 0.15) is 17.0 Å². The summed E-state index contributed by atoms with van der Waals surface area (Å²) in [5.74, 6) is -0.561. The lowest BCUT2D eigenvalue weighted by atomic mass is 10.1. The zero-order chi connectivity index (χ0) is 29.6. The van der Waals surface area contributed by atoms with Crippen molar-refractivity contribution in [2.45, 2.75) is 39.3 Å². The maximum absolute atomic E-state index is 15.0. The van der Waals surface area contributed by atoms with Crippen molar-refractivity contribution in [3.8, 4) is 5.69 Å². The molecule has 5 rings (SSSR count). The number of anilines is 3. The summed E-state index contributed by atoms with van der Waals surface area (Å²) in [6.45, 7) is 3.44. The van der Waals surface area contributed by atoms with Crippen LogP contribution in [0.2, 0.25) is 0 Å². The summed E-state index contributed by atoms with van der Waals surface area (Å²) in [6, 6.07) is 10.3. The average Bonchev–Trinajstić information content (AvgIpc) is 3.72. The van der Waals surface area contributed by atoms with Crippen LogP contribution in [0.1, 0.15) is 30.0 Å². The summed E-state index contributed by atoms with van der Waals surface area (Å²) in [5.41, 5.74) is -0.456. The first-order chi connectivity index (χ1) is 19.4. The predicted octanol–water partition coefficient (Wildman–Crippen LogP) is 3.17. The van der Waals surface area contributed by atoms with Crippen LogP contribution in [-0.4, -0.2) is 42.1 Å². The molecule has 1 aliphatic carbocycles. The third kappa shape index (κ3) is 5.42. The average molecular weight is 584 g/mol. The first kappa shape index (κ1) is 28.3. The fraction of sp³-hybridized carbons (Fsp3) is 0.321. The minimum Gasteiger partial charge on any atom is -0.383 e. The zero-order valence-electron chi connectivity index (χ0n) is 23.0. The van der Waals surface area contributed by atoms with Crippen LogP contribution in [-0.2, 0) is 21.3 Å². The molecule has 0 spiro atoms. The summed E-state index contributed by atoms with van der Waals surface area (Å²) >= 11 is 0. The number of pyridine rings is 1. The van der Waals surface area contributed by atoms with Gasteiger partial charge < -0.3 is 10.1 Å². The molecule has 1 fully saturated rings. The highest BCUT2D eigenvalue weighted by Gasteiger charge is 2.32. The van der Waals surface area contributed by atoms with Crippen LogP contribution < -0.4 is 26.8 Å². The van der Waals surface area contributed by atoms with Crippen LogP contribution in [0, 0.1) is 19.7 Å². The van der Waals surface area contributed by atoms with Gasteiger partial charge in [0, 0.05) is 18.7 Å². The van der Waals surface area contributed by atoms with Gasteiger partial charge in [-0.1, -0.05) is 12.1 Å². The van der Waals surface area contributed by atoms with Crippen molar-refractivity contribution >= 4 is 38.1 Å². The van der Waals surface area contributed by atoms with Crippen molar-refractivity contribution in [2.24, 2.45) is 0 Å². The third-order valence-electron chi connectivity index (χ3n) is 6.93. The Hall–Kier alpha value is -4.23. The van der Waals surface area contributed by atoms with Gasteiger partial charge in [-0.3, -0.25) is 28.0 Å². The Labute approximate surface area is 234 Å². The van der Waals surface area contributed by atoms with Gasteiger partial charge in [0.15, 0.2) is 0 Å². The van der Waals surface area contributed by atoms with Crippen molar-refractivity contribution in [1.82, 2.24) is 13.7 Å². The lowest BCUT2D eigenvalue weighted by Gasteiger charge is -2.22. The Balaban J connectivity index is 1.92. The second-order valence-corrected chi connectivity index (χ2v) is 12.0. The fourth-order valence-corrected chi connectivity index (χ4v) is 5.48. The molecule has 11 nitrogen and oxygen atoms in total. The van der Waals surface area contributed by atoms with Crippen LogP contribution in [0.4, 0.5) is 21.6 Å². The molecule has 0 radical (unpaired) electrons. The third-order valence-corrected chi connectivity index (χ3v) is 7.54. The van der Waals surface area contributed by atoms with E-state index in [1.165, 1.54) is 47.4 Å². The molecule has 0 saturated heterocycles. The van der Waals surface area contributed by atoms with Crippen LogP contribution in [0.3, 0.4) is 0 Å². The number of rotatable bonds is 9. The number of nitrogens with one attached hydrogen (secondary N) is 2. The van der Waals surface area contributed by atoms with Crippen LogP contribution in [0.5, 0.6) is 0 Å². The van der Waals surface area contributed by atoms with Gasteiger partial charge >= 0.3 is 5.69 Å². The molecule has 2 heterocycles. The maximum Gasteiger partial charge on any atom is 0.336 e. The molecule has 41 heavy (non-hydrogen) atoms. The Morgan fingerprint density at radius 2 is 1.78 bits per heavy atom. The first-order valence-corrected chi connectivity index (χ1v) is 14.9. The number of benzene rings is 2. The van der Waals surface area contributed by atoms with Gasteiger partial charge in [-0.25, -0.2) is 17.6 Å². The normalized spacial score (nSPS) is 13.5. The van der Waals surface area contributed by atoms with Crippen molar-refractivity contribution < 1.29 is 17.5 Å². The van der Waals surface area contributed by atoms with Crippen LogP contribution >= 0.6 is 0 Å². The highest BCUT2D eigenvalue weighted by atomic mass is 32.2. The lowest BCUT2D eigenvalue weighted by molar-refractivity contribution is 0.187. The number of methoxy groups -OCH3 is 1. The van der Waals surface area contributed by atoms with E-state index in [4.69, 9.17) is 4.74 Å². The van der Waals surface area contributed by atoms with Gasteiger partial charge in [0.2, 0.25) is 10.0 Å². The number of aromatic nitrogens is 3. The van der Waals surface area contributed by atoms with Crippen LogP contribution in [0.15, 0.2) is 56.8 Å². The van der Waals surface area contributed by atoms with Crippen molar-refractivity contribution in [3.63, 3.8) is 0 Å². The number of hydrogen-bond acceptors (Lipinski definition) is 7. The van der Waals surface area contributed by atoms with E-state index in [-0.39, 0.29) is 58.5 Å². The van der Waals surface area contributed by atoms with Crippen molar-refractivity contribution in [1.29, 1.82) is 0 Å². The molecule has 1 aliphatic rings. The molecule has 1 saturated carbocycles. The number of halogens is 1. The molecule has 0 bridgehead atoms. The van der Waals surface area contributed by atoms with E-state index >= 15 is 4.39 Å². The molecular weight excluding hydrogens is 553 g/mol. The Kier molecular flexibility index (Phi) is 7.34. The van der Waals surface area contributed by atoms with Crippen molar-refractivity contribution in [2.75, 3.05) is 30.0 Å². The maximum atomic E-state index is 15.0. The van der Waals surface area contributed by atoms with Gasteiger partial charge in [0.05, 0.1) is 42.0 Å². The van der Waals surface area contributed by atoms with E-state index in [1.54, 1.807) is 25.1 Å². The molecule has 2 aromatic carbocycles. The van der Waals surface area contributed by atoms with E-state index < -0.39 is 32.6 Å². The smallest absolute Gasteiger partial charge is 0.336 e. The summed E-state index contributed by atoms with van der Waals surface area (Å²) in [6.07, 6.45) is 2.24. The highest BCUT2D eigenvalue weighted by molar-refractivity contribution is 7.92. The highest BCUT2D eigenvalue weighted by Crippen LogP contribution is 2.34. The van der Waals surface area contributed by atoms with Gasteiger partial charge in [-0.05, 0) is 62.6 Å². The number of fused-ring (bicyclic) bond motifs is 1. The minimum atomic E-state index is -3.63. The van der Waals surface area contributed by atoms with E-state index in [2.05, 4.69) is 10.0 Å². The zero-order valence-corrected chi connectivity index (χ0v) is 23.8. The molecule has 0 amide bonds. The summed E-state index contributed by atoms with van der Waals surface area (Å²) < 4.78 is 50.1. The van der Waals surface area contributed by atoms with Gasteiger partial charge in [-0.15, -0.1) is 0 Å². The molecule has 13 heteroatoms. The molecule has 216 valence electrons. The monoisotopic (exact) mass is 583 g/mol. The van der Waals surface area contributed by atoms with E-state index in [1.807, 2.05) is 0 Å². The van der Waals surface area contributed by atoms with Gasteiger partial charge in [0.25, 0.3) is 11.1 Å². The number of ether oxygens (including phenoxy) is 1. The second-order valence-electron chi connectivity index (χ2n) is 10.2. The topological polar surface area (TPSA) is 133 Å². The van der Waals surface area contributed by atoms with E-state index in [0.717, 1.165) is 10.8 Å². The van der Waals surface area contributed by atoms with Crippen LogP contribution in [0.25, 0.3) is 16.6 Å². The summed E-state index contributed by atoms with van der Waals surface area (Å²) in [5, 5.41) is 2.99. The molecule has 2 N–H and O–H groups in total. The largest absolute Gasteiger partial charge is 0.383 e. The molecule has 0 unspecified atom stereocenters. The van der Waals surface area contributed by atoms with Gasteiger partial charge in [-0.2, -0.15) is 0 Å².